The van der Waals surface area contributed by atoms with Gasteiger partial charge in [-0.1, -0.05) is 19.9 Å². The summed E-state index contributed by atoms with van der Waals surface area (Å²) in [6, 6.07) is 7.05. The summed E-state index contributed by atoms with van der Waals surface area (Å²) in [5, 5.41) is 0. The van der Waals surface area contributed by atoms with Gasteiger partial charge in [0, 0.05) is 32.2 Å². The summed E-state index contributed by atoms with van der Waals surface area (Å²) in [6.07, 6.45) is 3.33. The van der Waals surface area contributed by atoms with E-state index in [4.69, 9.17) is 13.9 Å². The second kappa shape index (κ2) is 11.8. The van der Waals surface area contributed by atoms with Gasteiger partial charge in [-0.25, -0.2) is 8.42 Å². The Labute approximate surface area is 202 Å². The van der Waals surface area contributed by atoms with Crippen LogP contribution < -0.4 is 9.47 Å². The van der Waals surface area contributed by atoms with E-state index in [9.17, 15) is 13.2 Å². The minimum Gasteiger partial charge on any atom is -0.490 e. The normalized spacial score (nSPS) is 14.4. The van der Waals surface area contributed by atoms with E-state index in [1.165, 1.54) is 10.4 Å². The molecule has 8 nitrogen and oxygen atoms in total. The fourth-order valence-corrected chi connectivity index (χ4v) is 5.72. The molecule has 2 heterocycles. The standard InChI is InChI=1S/C25H36N2O6S/c1-5-12-26(18-20-10-11-21(32-15-6-2)22(16-20)31-7-3)25(28)23-17-24(19(4)33-23)34(29,30)27-13-8-9-14-27/h10-11,16-17H,5-9,12-15,18H2,1-4H3. The van der Waals surface area contributed by atoms with Crippen LogP contribution in [-0.4, -0.2) is 56.4 Å². The fourth-order valence-electron chi connectivity index (χ4n) is 4.04. The summed E-state index contributed by atoms with van der Waals surface area (Å²) >= 11 is 0. The molecule has 34 heavy (non-hydrogen) atoms. The van der Waals surface area contributed by atoms with Gasteiger partial charge < -0.3 is 18.8 Å². The van der Waals surface area contributed by atoms with Crippen molar-refractivity contribution in [3.05, 3.63) is 41.3 Å². The van der Waals surface area contributed by atoms with Crippen molar-refractivity contribution >= 4 is 15.9 Å². The number of ether oxygens (including phenoxy) is 2. The van der Waals surface area contributed by atoms with Crippen molar-refractivity contribution in [2.75, 3.05) is 32.8 Å². The third kappa shape index (κ3) is 5.93. The first-order chi connectivity index (χ1) is 16.3. The van der Waals surface area contributed by atoms with Gasteiger partial charge in [-0.2, -0.15) is 4.31 Å². The van der Waals surface area contributed by atoms with Crippen LogP contribution in [0.3, 0.4) is 0 Å². The number of carbonyl (C=O) groups excluding carboxylic acids is 1. The van der Waals surface area contributed by atoms with Gasteiger partial charge in [0.15, 0.2) is 17.3 Å². The molecule has 1 aromatic carbocycles. The van der Waals surface area contributed by atoms with Crippen molar-refractivity contribution in [2.45, 2.75) is 64.8 Å². The van der Waals surface area contributed by atoms with Gasteiger partial charge in [0.2, 0.25) is 10.0 Å². The average Bonchev–Trinajstić information content (AvgIpc) is 3.49. The molecule has 1 aromatic heterocycles. The molecule has 0 unspecified atom stereocenters. The molecule has 9 heteroatoms. The Morgan fingerprint density at radius 3 is 2.44 bits per heavy atom. The lowest BCUT2D eigenvalue weighted by atomic mass is 10.1. The third-order valence-electron chi connectivity index (χ3n) is 5.69. The maximum atomic E-state index is 13.3. The molecule has 0 bridgehead atoms. The first-order valence-electron chi connectivity index (χ1n) is 12.1. The zero-order valence-electron chi connectivity index (χ0n) is 20.6. The quantitative estimate of drug-likeness (QED) is 0.430. The Morgan fingerprint density at radius 2 is 1.79 bits per heavy atom. The molecule has 1 amide bonds. The van der Waals surface area contributed by atoms with E-state index in [1.54, 1.807) is 11.8 Å². The van der Waals surface area contributed by atoms with Crippen molar-refractivity contribution in [1.82, 2.24) is 9.21 Å². The predicted molar refractivity (Wildman–Crippen MR) is 130 cm³/mol. The average molecular weight is 493 g/mol. The second-order valence-electron chi connectivity index (χ2n) is 8.43. The molecule has 2 aromatic rings. The van der Waals surface area contributed by atoms with Crippen LogP contribution in [0.1, 0.15) is 68.3 Å². The second-order valence-corrected chi connectivity index (χ2v) is 10.3. The molecule has 0 spiro atoms. The van der Waals surface area contributed by atoms with E-state index >= 15 is 0 Å². The SMILES string of the molecule is CCCOc1ccc(CN(CCC)C(=O)c2cc(S(=O)(=O)N3CCCC3)c(C)o2)cc1OCC. The molecule has 3 rings (SSSR count). The maximum absolute atomic E-state index is 13.3. The molecule has 0 N–H and O–H groups in total. The van der Waals surface area contributed by atoms with Gasteiger partial charge in [0.1, 0.15) is 10.7 Å². The lowest BCUT2D eigenvalue weighted by Crippen LogP contribution is -2.31. The van der Waals surface area contributed by atoms with Crippen LogP contribution in [-0.2, 0) is 16.6 Å². The first-order valence-corrected chi connectivity index (χ1v) is 13.5. The highest BCUT2D eigenvalue weighted by atomic mass is 32.2. The Balaban J connectivity index is 1.83. The number of benzene rings is 1. The number of furan rings is 1. The molecule has 0 aliphatic carbocycles. The number of carbonyl (C=O) groups is 1. The number of nitrogens with zero attached hydrogens (tertiary/aromatic N) is 2. The number of rotatable bonds is 12. The monoisotopic (exact) mass is 492 g/mol. The van der Waals surface area contributed by atoms with Crippen LogP contribution in [0, 0.1) is 6.92 Å². The molecule has 1 saturated heterocycles. The summed E-state index contributed by atoms with van der Waals surface area (Å²) in [6.45, 7) is 10.5. The van der Waals surface area contributed by atoms with Gasteiger partial charge in [-0.15, -0.1) is 0 Å². The van der Waals surface area contributed by atoms with Crippen LogP contribution in [0.2, 0.25) is 0 Å². The molecule has 1 fully saturated rings. The van der Waals surface area contributed by atoms with Crippen molar-refractivity contribution < 1.29 is 27.1 Å². The Hall–Kier alpha value is -2.52. The fraction of sp³-hybridized carbons (Fsp3) is 0.560. The van der Waals surface area contributed by atoms with E-state index in [0.29, 0.717) is 50.9 Å². The van der Waals surface area contributed by atoms with Crippen LogP contribution in [0.5, 0.6) is 11.5 Å². The highest BCUT2D eigenvalue weighted by molar-refractivity contribution is 7.89. The van der Waals surface area contributed by atoms with Gasteiger partial charge in [-0.3, -0.25) is 4.79 Å². The van der Waals surface area contributed by atoms with E-state index in [1.807, 2.05) is 39.0 Å². The number of hydrogen-bond acceptors (Lipinski definition) is 6. The third-order valence-corrected chi connectivity index (χ3v) is 7.70. The van der Waals surface area contributed by atoms with E-state index in [0.717, 1.165) is 31.2 Å². The lowest BCUT2D eigenvalue weighted by Gasteiger charge is -2.22. The largest absolute Gasteiger partial charge is 0.490 e. The summed E-state index contributed by atoms with van der Waals surface area (Å²) in [4.78, 5) is 15.1. The van der Waals surface area contributed by atoms with Crippen LogP contribution in [0.4, 0.5) is 0 Å². The Kier molecular flexibility index (Phi) is 9.02. The molecule has 188 valence electrons. The zero-order valence-corrected chi connectivity index (χ0v) is 21.4. The van der Waals surface area contributed by atoms with Crippen molar-refractivity contribution in [3.63, 3.8) is 0 Å². The highest BCUT2D eigenvalue weighted by Crippen LogP contribution is 2.30. The molecule has 1 aliphatic rings. The number of hydrogen-bond donors (Lipinski definition) is 0. The smallest absolute Gasteiger partial charge is 0.289 e. The van der Waals surface area contributed by atoms with Crippen molar-refractivity contribution in [1.29, 1.82) is 0 Å². The van der Waals surface area contributed by atoms with Crippen LogP contribution in [0.15, 0.2) is 33.6 Å². The Morgan fingerprint density at radius 1 is 1.06 bits per heavy atom. The summed E-state index contributed by atoms with van der Waals surface area (Å²) in [7, 11) is -3.66. The predicted octanol–water partition coefficient (Wildman–Crippen LogP) is 4.61. The van der Waals surface area contributed by atoms with Gasteiger partial charge >= 0.3 is 0 Å². The zero-order chi connectivity index (χ0) is 24.7. The van der Waals surface area contributed by atoms with Crippen molar-refractivity contribution in [3.8, 4) is 11.5 Å². The molecule has 0 saturated carbocycles. The summed E-state index contributed by atoms with van der Waals surface area (Å²) in [5.74, 6) is 1.26. The maximum Gasteiger partial charge on any atom is 0.289 e. The summed E-state index contributed by atoms with van der Waals surface area (Å²) in [5.41, 5.74) is 0.891. The topological polar surface area (TPSA) is 89.3 Å². The number of aryl methyl sites for hydroxylation is 1. The molecule has 1 aliphatic heterocycles. The first kappa shape index (κ1) is 26.1. The van der Waals surface area contributed by atoms with E-state index in [-0.39, 0.29) is 22.3 Å². The minimum absolute atomic E-state index is 0.0386. The lowest BCUT2D eigenvalue weighted by molar-refractivity contribution is 0.0709. The summed E-state index contributed by atoms with van der Waals surface area (Å²) < 4.78 is 44.6. The minimum atomic E-state index is -3.66. The van der Waals surface area contributed by atoms with Crippen LogP contribution in [0.25, 0.3) is 0 Å². The number of amides is 1. The van der Waals surface area contributed by atoms with Gasteiger partial charge in [-0.05, 0) is 57.2 Å². The number of sulfonamides is 1. The molecule has 0 radical (unpaired) electrons. The van der Waals surface area contributed by atoms with Gasteiger partial charge in [0.05, 0.1) is 13.2 Å². The van der Waals surface area contributed by atoms with E-state index in [2.05, 4.69) is 0 Å². The van der Waals surface area contributed by atoms with Crippen LogP contribution >= 0.6 is 0 Å². The van der Waals surface area contributed by atoms with Gasteiger partial charge in [0.25, 0.3) is 5.91 Å². The van der Waals surface area contributed by atoms with E-state index < -0.39 is 10.0 Å². The van der Waals surface area contributed by atoms with Crippen molar-refractivity contribution in [2.24, 2.45) is 0 Å². The Bertz CT molecular complexity index is 1070. The molecular weight excluding hydrogens is 456 g/mol. The molecule has 0 atom stereocenters. The molecular formula is C25H36N2O6S. The highest BCUT2D eigenvalue weighted by Gasteiger charge is 2.32.